The van der Waals surface area contributed by atoms with Crippen LogP contribution in [0.1, 0.15) is 35.4 Å². The molecule has 4 heteroatoms. The highest BCUT2D eigenvalue weighted by atomic mass is 32.2. The Morgan fingerprint density at radius 3 is 1.62 bits per heavy atom. The summed E-state index contributed by atoms with van der Waals surface area (Å²) in [6, 6.07) is 31.6. The SMILES string of the molecule is CC(SC(c1ccccc1)(c1ccccc1)c1ccccc1)C(O)c1cnc[nH]1. The third-order valence-electron chi connectivity index (χ3n) is 5.19. The van der Waals surface area contributed by atoms with E-state index in [-0.39, 0.29) is 5.25 Å². The van der Waals surface area contributed by atoms with Gasteiger partial charge in [-0.2, -0.15) is 0 Å². The van der Waals surface area contributed by atoms with Crippen LogP contribution in [-0.2, 0) is 4.75 Å². The second kappa shape index (κ2) is 8.68. The normalized spacial score (nSPS) is 13.7. The molecule has 0 saturated heterocycles. The van der Waals surface area contributed by atoms with Crippen LogP contribution in [0, 0.1) is 0 Å². The Morgan fingerprint density at radius 2 is 1.24 bits per heavy atom. The molecule has 3 nitrogen and oxygen atoms in total. The van der Waals surface area contributed by atoms with E-state index in [1.165, 1.54) is 16.7 Å². The van der Waals surface area contributed by atoms with Crippen LogP contribution in [0.25, 0.3) is 0 Å². The van der Waals surface area contributed by atoms with Crippen LogP contribution < -0.4 is 0 Å². The Kier molecular flexibility index (Phi) is 5.84. The van der Waals surface area contributed by atoms with E-state index in [0.29, 0.717) is 0 Å². The lowest BCUT2D eigenvalue weighted by molar-refractivity contribution is 0.175. The van der Waals surface area contributed by atoms with Crippen molar-refractivity contribution < 1.29 is 5.11 Å². The molecule has 0 fully saturated rings. The maximum absolute atomic E-state index is 11.0. The fourth-order valence-corrected chi connectivity index (χ4v) is 5.40. The fourth-order valence-electron chi connectivity index (χ4n) is 3.75. The number of nitrogens with one attached hydrogen (secondary N) is 1. The van der Waals surface area contributed by atoms with Crippen LogP contribution in [0.3, 0.4) is 0 Å². The molecule has 0 aliphatic heterocycles. The Morgan fingerprint density at radius 1 is 0.793 bits per heavy atom. The molecule has 1 heterocycles. The molecule has 0 saturated carbocycles. The molecule has 3 aromatic carbocycles. The minimum Gasteiger partial charge on any atom is -0.386 e. The highest BCUT2D eigenvalue weighted by molar-refractivity contribution is 8.01. The molecule has 0 aliphatic carbocycles. The summed E-state index contributed by atoms with van der Waals surface area (Å²) < 4.78 is -0.454. The van der Waals surface area contributed by atoms with E-state index in [2.05, 4.69) is 89.7 Å². The maximum Gasteiger partial charge on any atom is 0.107 e. The fraction of sp³-hybridized carbons (Fsp3) is 0.160. The summed E-state index contributed by atoms with van der Waals surface area (Å²) in [5.74, 6) is 0. The summed E-state index contributed by atoms with van der Waals surface area (Å²) >= 11 is 1.76. The van der Waals surface area contributed by atoms with Crippen molar-refractivity contribution in [2.75, 3.05) is 0 Å². The average molecular weight is 401 g/mol. The molecule has 4 rings (SSSR count). The number of benzene rings is 3. The lowest BCUT2D eigenvalue weighted by Crippen LogP contribution is -2.29. The van der Waals surface area contributed by atoms with E-state index in [9.17, 15) is 5.11 Å². The van der Waals surface area contributed by atoms with Crippen molar-refractivity contribution >= 4 is 11.8 Å². The molecule has 29 heavy (non-hydrogen) atoms. The van der Waals surface area contributed by atoms with Crippen LogP contribution in [-0.4, -0.2) is 20.3 Å². The van der Waals surface area contributed by atoms with Gasteiger partial charge in [0.1, 0.15) is 6.10 Å². The summed E-state index contributed by atoms with van der Waals surface area (Å²) in [5.41, 5.74) is 4.29. The topological polar surface area (TPSA) is 48.9 Å². The Hall–Kier alpha value is -2.82. The summed E-state index contributed by atoms with van der Waals surface area (Å²) in [7, 11) is 0. The Balaban J connectivity index is 1.88. The predicted molar refractivity (Wildman–Crippen MR) is 120 cm³/mol. The van der Waals surface area contributed by atoms with Crippen LogP contribution in [0.15, 0.2) is 104 Å². The molecule has 2 atom stereocenters. The van der Waals surface area contributed by atoms with E-state index in [0.717, 1.165) is 5.69 Å². The van der Waals surface area contributed by atoms with Gasteiger partial charge in [-0.25, -0.2) is 4.98 Å². The van der Waals surface area contributed by atoms with Gasteiger partial charge in [-0.3, -0.25) is 0 Å². The largest absolute Gasteiger partial charge is 0.386 e. The van der Waals surface area contributed by atoms with Crippen LogP contribution in [0.4, 0.5) is 0 Å². The molecule has 0 aliphatic rings. The molecular weight excluding hydrogens is 376 g/mol. The minimum absolute atomic E-state index is 0.0870. The van der Waals surface area contributed by atoms with Gasteiger partial charge in [0.2, 0.25) is 0 Å². The molecule has 2 unspecified atom stereocenters. The van der Waals surface area contributed by atoms with Crippen LogP contribution in [0.5, 0.6) is 0 Å². The monoisotopic (exact) mass is 400 g/mol. The molecule has 0 amide bonds. The van der Waals surface area contributed by atoms with Gasteiger partial charge in [-0.1, -0.05) is 97.9 Å². The summed E-state index contributed by atoms with van der Waals surface area (Å²) in [5, 5.41) is 10.9. The van der Waals surface area contributed by atoms with E-state index in [4.69, 9.17) is 0 Å². The minimum atomic E-state index is -0.655. The molecule has 0 bridgehead atoms. The van der Waals surface area contributed by atoms with E-state index >= 15 is 0 Å². The third kappa shape index (κ3) is 3.86. The average Bonchev–Trinajstić information content (AvgIpc) is 3.33. The first kappa shape index (κ1) is 19.5. The number of hydrogen-bond acceptors (Lipinski definition) is 3. The van der Waals surface area contributed by atoms with Gasteiger partial charge >= 0.3 is 0 Å². The lowest BCUT2D eigenvalue weighted by Gasteiger charge is -2.38. The molecule has 0 spiro atoms. The van der Waals surface area contributed by atoms with Gasteiger partial charge in [0.25, 0.3) is 0 Å². The van der Waals surface area contributed by atoms with Gasteiger partial charge in [0.15, 0.2) is 0 Å². The van der Waals surface area contributed by atoms with Crippen molar-refractivity contribution in [2.24, 2.45) is 0 Å². The number of aromatic nitrogens is 2. The number of rotatable bonds is 7. The number of aliphatic hydroxyl groups is 1. The zero-order valence-electron chi connectivity index (χ0n) is 16.3. The lowest BCUT2D eigenvalue weighted by atomic mass is 9.84. The van der Waals surface area contributed by atoms with Crippen molar-refractivity contribution in [1.29, 1.82) is 0 Å². The third-order valence-corrected chi connectivity index (χ3v) is 6.88. The molecule has 0 radical (unpaired) electrons. The molecule has 2 N–H and O–H groups in total. The van der Waals surface area contributed by atoms with Crippen molar-refractivity contribution in [3.63, 3.8) is 0 Å². The van der Waals surface area contributed by atoms with Gasteiger partial charge in [0, 0.05) is 5.25 Å². The first-order chi connectivity index (χ1) is 14.2. The summed E-state index contributed by atoms with van der Waals surface area (Å²) in [4.78, 5) is 7.12. The van der Waals surface area contributed by atoms with Crippen LogP contribution in [0.2, 0.25) is 0 Å². The second-order valence-corrected chi connectivity index (χ2v) is 8.65. The van der Waals surface area contributed by atoms with E-state index in [1.807, 2.05) is 18.2 Å². The molecule has 146 valence electrons. The standard InChI is InChI=1S/C25H24N2OS/c1-19(24(28)23-17-26-18-27-23)29-25(20-11-5-2-6-12-20,21-13-7-3-8-14-21)22-15-9-4-10-16-22/h2-19,24,28H,1H3,(H,26,27). The van der Waals surface area contributed by atoms with Gasteiger partial charge in [0.05, 0.1) is 23.0 Å². The number of thioether (sulfide) groups is 1. The Labute approximate surface area is 175 Å². The van der Waals surface area contributed by atoms with Gasteiger partial charge in [-0.15, -0.1) is 11.8 Å². The molecular formula is C25H24N2OS. The summed E-state index contributed by atoms with van der Waals surface area (Å²) in [6.45, 7) is 2.07. The maximum atomic E-state index is 11.0. The zero-order chi connectivity index (χ0) is 20.1. The molecule has 1 aromatic heterocycles. The highest BCUT2D eigenvalue weighted by Crippen LogP contribution is 2.51. The smallest absolute Gasteiger partial charge is 0.107 e. The van der Waals surface area contributed by atoms with Crippen molar-refractivity contribution in [3.8, 4) is 0 Å². The first-order valence-corrected chi connectivity index (χ1v) is 10.6. The van der Waals surface area contributed by atoms with Gasteiger partial charge < -0.3 is 10.1 Å². The number of imidazole rings is 1. The number of aliphatic hydroxyl groups excluding tert-OH is 1. The Bertz CT molecular complexity index is 908. The van der Waals surface area contributed by atoms with Crippen LogP contribution >= 0.6 is 11.8 Å². The number of aromatic amines is 1. The predicted octanol–water partition coefficient (Wildman–Crippen LogP) is 5.56. The number of H-pyrrole nitrogens is 1. The van der Waals surface area contributed by atoms with Crippen molar-refractivity contribution in [1.82, 2.24) is 9.97 Å². The zero-order valence-corrected chi connectivity index (χ0v) is 17.1. The number of nitrogens with zero attached hydrogens (tertiary/aromatic N) is 1. The van der Waals surface area contributed by atoms with E-state index < -0.39 is 10.9 Å². The second-order valence-electron chi connectivity index (χ2n) is 7.05. The van der Waals surface area contributed by atoms with E-state index in [1.54, 1.807) is 24.3 Å². The summed E-state index contributed by atoms with van der Waals surface area (Å²) in [6.07, 6.45) is 2.64. The van der Waals surface area contributed by atoms with Crippen molar-refractivity contribution in [2.45, 2.75) is 23.0 Å². The quantitative estimate of drug-likeness (QED) is 0.400. The number of hydrogen-bond donors (Lipinski definition) is 2. The first-order valence-electron chi connectivity index (χ1n) is 9.72. The highest BCUT2D eigenvalue weighted by Gasteiger charge is 2.40. The van der Waals surface area contributed by atoms with Crippen molar-refractivity contribution in [3.05, 3.63) is 126 Å². The molecule has 4 aromatic rings. The van der Waals surface area contributed by atoms with Gasteiger partial charge in [-0.05, 0) is 16.7 Å².